The van der Waals surface area contributed by atoms with Crippen LogP contribution in [0.15, 0.2) is 30.5 Å². The third kappa shape index (κ3) is 2.63. The van der Waals surface area contributed by atoms with Gasteiger partial charge in [-0.3, -0.25) is 4.79 Å². The molecule has 3 N–H and O–H groups in total. The van der Waals surface area contributed by atoms with Crippen molar-refractivity contribution in [2.75, 3.05) is 19.6 Å². The van der Waals surface area contributed by atoms with Gasteiger partial charge in [0, 0.05) is 30.2 Å². The Morgan fingerprint density at radius 1 is 1.37 bits per heavy atom. The predicted molar refractivity (Wildman–Crippen MR) is 76.0 cm³/mol. The van der Waals surface area contributed by atoms with Gasteiger partial charge in [0.05, 0.1) is 5.92 Å². The summed E-state index contributed by atoms with van der Waals surface area (Å²) in [6, 6.07) is 8.26. The number of aromatic nitrogens is 1. The summed E-state index contributed by atoms with van der Waals surface area (Å²) in [5.41, 5.74) is 2.42. The summed E-state index contributed by atoms with van der Waals surface area (Å²) in [6.45, 7) is 2.48. The smallest absolute Gasteiger partial charge is 0.224 e. The van der Waals surface area contributed by atoms with Crippen LogP contribution >= 0.6 is 0 Å². The van der Waals surface area contributed by atoms with Gasteiger partial charge in [-0.05, 0) is 31.0 Å². The number of carbonyl (C=O) groups excluding carboxylic acids is 1. The molecule has 1 fully saturated rings. The third-order valence-corrected chi connectivity index (χ3v) is 3.80. The molecule has 1 aromatic heterocycles. The van der Waals surface area contributed by atoms with E-state index in [9.17, 15) is 4.79 Å². The fourth-order valence-electron chi connectivity index (χ4n) is 2.68. The molecule has 1 saturated heterocycles. The molecule has 0 spiro atoms. The van der Waals surface area contributed by atoms with E-state index in [2.05, 4.69) is 27.8 Å². The molecule has 3 rings (SSSR count). The minimum Gasteiger partial charge on any atom is -0.361 e. The van der Waals surface area contributed by atoms with Gasteiger partial charge in [0.1, 0.15) is 0 Å². The molecule has 0 aliphatic carbocycles. The first-order valence-corrected chi connectivity index (χ1v) is 6.88. The fourth-order valence-corrected chi connectivity index (χ4v) is 2.68. The maximum Gasteiger partial charge on any atom is 0.224 e. The summed E-state index contributed by atoms with van der Waals surface area (Å²) in [4.78, 5) is 15.1. The summed E-state index contributed by atoms with van der Waals surface area (Å²) in [7, 11) is 0. The zero-order valence-electron chi connectivity index (χ0n) is 10.9. The number of nitrogens with one attached hydrogen (secondary N) is 3. The topological polar surface area (TPSA) is 56.9 Å². The molecule has 1 aromatic carbocycles. The molecule has 2 heterocycles. The number of hydrogen-bond donors (Lipinski definition) is 3. The molecule has 4 heteroatoms. The number of aromatic amines is 1. The van der Waals surface area contributed by atoms with Crippen LogP contribution in [0.3, 0.4) is 0 Å². The van der Waals surface area contributed by atoms with E-state index in [1.165, 1.54) is 10.9 Å². The number of H-pyrrole nitrogens is 1. The van der Waals surface area contributed by atoms with Crippen molar-refractivity contribution in [3.8, 4) is 0 Å². The minimum absolute atomic E-state index is 0.156. The van der Waals surface area contributed by atoms with Crippen LogP contribution in [-0.2, 0) is 11.2 Å². The second-order valence-corrected chi connectivity index (χ2v) is 5.09. The van der Waals surface area contributed by atoms with Crippen LogP contribution in [0.5, 0.6) is 0 Å². The molecule has 19 heavy (non-hydrogen) atoms. The van der Waals surface area contributed by atoms with Gasteiger partial charge < -0.3 is 15.6 Å². The summed E-state index contributed by atoms with van der Waals surface area (Å²) in [5, 5.41) is 7.50. The zero-order valence-corrected chi connectivity index (χ0v) is 10.9. The Kier molecular flexibility index (Phi) is 3.51. The Morgan fingerprint density at radius 2 is 2.26 bits per heavy atom. The van der Waals surface area contributed by atoms with Crippen molar-refractivity contribution >= 4 is 16.8 Å². The molecule has 0 bridgehead atoms. The van der Waals surface area contributed by atoms with E-state index >= 15 is 0 Å². The molecule has 0 saturated carbocycles. The average Bonchev–Trinajstić information content (AvgIpc) is 3.08. The van der Waals surface area contributed by atoms with Crippen molar-refractivity contribution in [1.29, 1.82) is 0 Å². The number of para-hydroxylation sites is 1. The Morgan fingerprint density at radius 3 is 3.11 bits per heavy atom. The number of carbonyl (C=O) groups is 1. The Balaban J connectivity index is 1.56. The molecule has 4 nitrogen and oxygen atoms in total. The van der Waals surface area contributed by atoms with E-state index < -0.39 is 0 Å². The van der Waals surface area contributed by atoms with E-state index in [1.54, 1.807) is 0 Å². The lowest BCUT2D eigenvalue weighted by molar-refractivity contribution is -0.124. The third-order valence-electron chi connectivity index (χ3n) is 3.80. The number of amides is 1. The van der Waals surface area contributed by atoms with Crippen LogP contribution in [0.1, 0.15) is 12.0 Å². The van der Waals surface area contributed by atoms with Gasteiger partial charge in [0.25, 0.3) is 0 Å². The maximum atomic E-state index is 11.9. The Labute approximate surface area is 112 Å². The van der Waals surface area contributed by atoms with E-state index in [4.69, 9.17) is 0 Å². The van der Waals surface area contributed by atoms with Gasteiger partial charge in [-0.1, -0.05) is 18.2 Å². The van der Waals surface area contributed by atoms with Crippen molar-refractivity contribution in [3.05, 3.63) is 36.0 Å². The van der Waals surface area contributed by atoms with Crippen LogP contribution in [0, 0.1) is 5.92 Å². The summed E-state index contributed by atoms with van der Waals surface area (Å²) in [6.07, 6.45) is 3.86. The van der Waals surface area contributed by atoms with Crippen molar-refractivity contribution < 1.29 is 4.79 Å². The highest BCUT2D eigenvalue weighted by atomic mass is 16.1. The second-order valence-electron chi connectivity index (χ2n) is 5.09. The van der Waals surface area contributed by atoms with Gasteiger partial charge in [-0.25, -0.2) is 0 Å². The van der Waals surface area contributed by atoms with Gasteiger partial charge in [-0.2, -0.15) is 0 Å². The molecule has 100 valence electrons. The molecule has 1 amide bonds. The molecule has 1 aliphatic rings. The Hall–Kier alpha value is -1.81. The Bertz CT molecular complexity index is 570. The van der Waals surface area contributed by atoms with E-state index in [-0.39, 0.29) is 11.8 Å². The molecule has 1 aliphatic heterocycles. The number of hydrogen-bond acceptors (Lipinski definition) is 2. The summed E-state index contributed by atoms with van der Waals surface area (Å²) < 4.78 is 0. The first-order valence-electron chi connectivity index (χ1n) is 6.88. The van der Waals surface area contributed by atoms with Crippen molar-refractivity contribution in [2.24, 2.45) is 5.92 Å². The largest absolute Gasteiger partial charge is 0.361 e. The van der Waals surface area contributed by atoms with E-state index in [1.807, 2.05) is 18.3 Å². The summed E-state index contributed by atoms with van der Waals surface area (Å²) >= 11 is 0. The lowest BCUT2D eigenvalue weighted by atomic mass is 10.1. The van der Waals surface area contributed by atoms with Gasteiger partial charge >= 0.3 is 0 Å². The highest BCUT2D eigenvalue weighted by molar-refractivity contribution is 5.83. The molecule has 0 radical (unpaired) electrons. The van der Waals surface area contributed by atoms with E-state index in [0.717, 1.165) is 31.4 Å². The van der Waals surface area contributed by atoms with Crippen molar-refractivity contribution in [1.82, 2.24) is 15.6 Å². The lowest BCUT2D eigenvalue weighted by Gasteiger charge is -2.09. The fraction of sp³-hybridized carbons (Fsp3) is 0.400. The normalized spacial score (nSPS) is 18.8. The van der Waals surface area contributed by atoms with Gasteiger partial charge in [-0.15, -0.1) is 0 Å². The number of rotatable bonds is 4. The lowest BCUT2D eigenvalue weighted by Crippen LogP contribution is -2.33. The molecular formula is C15H19N3O. The minimum atomic E-state index is 0.156. The molecule has 1 atom stereocenters. The van der Waals surface area contributed by atoms with Crippen molar-refractivity contribution in [2.45, 2.75) is 12.8 Å². The standard InChI is InChI=1S/C15H19N3O/c19-15(12-5-7-16-9-12)17-8-6-11-10-18-14-4-2-1-3-13(11)14/h1-4,10,12,16,18H,5-9H2,(H,17,19)/t12-/m0/s1. The van der Waals surface area contributed by atoms with Crippen LogP contribution in [0.4, 0.5) is 0 Å². The first kappa shape index (κ1) is 12.2. The first-order chi connectivity index (χ1) is 9.34. The average molecular weight is 257 g/mol. The highest BCUT2D eigenvalue weighted by Gasteiger charge is 2.21. The van der Waals surface area contributed by atoms with E-state index in [0.29, 0.717) is 6.54 Å². The maximum absolute atomic E-state index is 11.9. The highest BCUT2D eigenvalue weighted by Crippen LogP contribution is 2.17. The quantitative estimate of drug-likeness (QED) is 0.776. The zero-order chi connectivity index (χ0) is 13.1. The SMILES string of the molecule is O=C(NCCc1c[nH]c2ccccc12)[C@H]1CCNC1. The monoisotopic (exact) mass is 257 g/mol. The number of benzene rings is 1. The van der Waals surface area contributed by atoms with Crippen LogP contribution < -0.4 is 10.6 Å². The molecule has 2 aromatic rings. The second kappa shape index (κ2) is 5.45. The molecule has 0 unspecified atom stereocenters. The predicted octanol–water partition coefficient (Wildman–Crippen LogP) is 1.44. The van der Waals surface area contributed by atoms with Crippen LogP contribution in [0.2, 0.25) is 0 Å². The van der Waals surface area contributed by atoms with Crippen LogP contribution in [-0.4, -0.2) is 30.5 Å². The number of fused-ring (bicyclic) bond motifs is 1. The molecular weight excluding hydrogens is 238 g/mol. The summed E-state index contributed by atoms with van der Waals surface area (Å²) in [5.74, 6) is 0.341. The van der Waals surface area contributed by atoms with Gasteiger partial charge in [0.2, 0.25) is 5.91 Å². The van der Waals surface area contributed by atoms with Crippen LogP contribution in [0.25, 0.3) is 10.9 Å². The van der Waals surface area contributed by atoms with Crippen molar-refractivity contribution in [3.63, 3.8) is 0 Å². The van der Waals surface area contributed by atoms with Gasteiger partial charge in [0.15, 0.2) is 0 Å².